The zero-order valence-corrected chi connectivity index (χ0v) is 17.4. The Morgan fingerprint density at radius 3 is 1.79 bits per heavy atom. The molecule has 3 aromatic carbocycles. The van der Waals surface area contributed by atoms with Gasteiger partial charge >= 0.3 is 0 Å². The van der Waals surface area contributed by atoms with Gasteiger partial charge < -0.3 is 18.9 Å². The lowest BCUT2D eigenvalue weighted by Crippen LogP contribution is -2.10. The number of ether oxygens (including phenoxy) is 4. The summed E-state index contributed by atoms with van der Waals surface area (Å²) in [6.07, 6.45) is 7.29. The third-order valence-corrected chi connectivity index (χ3v) is 6.60. The SMILES string of the molecule is COc1cc2c3c(c4cc(OC)c(OC)cc4c2cc1OC)CC1CCCC1=C3. The smallest absolute Gasteiger partial charge is 0.161 e. The van der Waals surface area contributed by atoms with Crippen molar-refractivity contribution in [2.24, 2.45) is 5.92 Å². The number of rotatable bonds is 4. The molecule has 0 saturated heterocycles. The van der Waals surface area contributed by atoms with Gasteiger partial charge in [-0.15, -0.1) is 0 Å². The van der Waals surface area contributed by atoms with E-state index in [0.717, 1.165) is 40.2 Å². The summed E-state index contributed by atoms with van der Waals surface area (Å²) in [5.41, 5.74) is 4.30. The number of hydrogen-bond acceptors (Lipinski definition) is 4. The van der Waals surface area contributed by atoms with Crippen molar-refractivity contribution >= 4 is 27.6 Å². The highest BCUT2D eigenvalue weighted by Crippen LogP contribution is 2.48. The molecule has 0 spiro atoms. The van der Waals surface area contributed by atoms with Gasteiger partial charge in [-0.3, -0.25) is 0 Å². The van der Waals surface area contributed by atoms with E-state index >= 15 is 0 Å². The van der Waals surface area contributed by atoms with E-state index in [9.17, 15) is 0 Å². The first kappa shape index (κ1) is 18.2. The normalized spacial score (nSPS) is 17.7. The molecule has 0 N–H and O–H groups in total. The van der Waals surface area contributed by atoms with E-state index in [1.54, 1.807) is 34.0 Å². The maximum absolute atomic E-state index is 5.63. The van der Waals surface area contributed by atoms with Gasteiger partial charge in [-0.2, -0.15) is 0 Å². The second kappa shape index (κ2) is 6.87. The number of benzene rings is 3. The van der Waals surface area contributed by atoms with Crippen LogP contribution in [0.1, 0.15) is 30.4 Å². The van der Waals surface area contributed by atoms with Crippen LogP contribution in [0.3, 0.4) is 0 Å². The van der Waals surface area contributed by atoms with Crippen molar-refractivity contribution < 1.29 is 18.9 Å². The quantitative estimate of drug-likeness (QED) is 0.530. The maximum Gasteiger partial charge on any atom is 0.161 e. The maximum atomic E-state index is 5.63. The first-order valence-corrected chi connectivity index (χ1v) is 10.1. The molecule has 0 radical (unpaired) electrons. The van der Waals surface area contributed by atoms with Crippen LogP contribution in [0, 0.1) is 5.92 Å². The van der Waals surface area contributed by atoms with Crippen molar-refractivity contribution in [2.75, 3.05) is 28.4 Å². The number of methoxy groups -OCH3 is 4. The van der Waals surface area contributed by atoms with Crippen LogP contribution in [0.25, 0.3) is 27.6 Å². The lowest BCUT2D eigenvalue weighted by molar-refractivity contribution is 0.355. The summed E-state index contributed by atoms with van der Waals surface area (Å²) >= 11 is 0. The largest absolute Gasteiger partial charge is 0.493 e. The Bertz CT molecular complexity index is 1160. The van der Waals surface area contributed by atoms with Gasteiger partial charge in [-0.25, -0.2) is 0 Å². The first-order chi connectivity index (χ1) is 14.2. The molecule has 0 aliphatic heterocycles. The molecule has 1 saturated carbocycles. The lowest BCUT2D eigenvalue weighted by atomic mass is 9.80. The van der Waals surface area contributed by atoms with Gasteiger partial charge in [-0.1, -0.05) is 11.6 Å². The fourth-order valence-electron chi connectivity index (χ4n) is 5.17. The van der Waals surface area contributed by atoms with Crippen LogP contribution in [0.4, 0.5) is 0 Å². The van der Waals surface area contributed by atoms with Gasteiger partial charge in [0.1, 0.15) is 0 Å². The Labute approximate surface area is 171 Å². The molecule has 4 nitrogen and oxygen atoms in total. The summed E-state index contributed by atoms with van der Waals surface area (Å²) in [7, 11) is 6.75. The zero-order valence-electron chi connectivity index (χ0n) is 17.4. The molecule has 1 fully saturated rings. The summed E-state index contributed by atoms with van der Waals surface area (Å²) in [6.45, 7) is 0. The summed E-state index contributed by atoms with van der Waals surface area (Å²) < 4.78 is 22.5. The third kappa shape index (κ3) is 2.65. The summed E-state index contributed by atoms with van der Waals surface area (Å²) in [4.78, 5) is 0. The Kier molecular flexibility index (Phi) is 4.30. The Balaban J connectivity index is 1.94. The van der Waals surface area contributed by atoms with E-state index < -0.39 is 0 Å². The van der Waals surface area contributed by atoms with Crippen molar-refractivity contribution in [2.45, 2.75) is 25.7 Å². The molecule has 1 unspecified atom stereocenters. The van der Waals surface area contributed by atoms with Crippen molar-refractivity contribution in [3.63, 3.8) is 0 Å². The molecule has 0 bridgehead atoms. The Hall–Kier alpha value is -2.88. The van der Waals surface area contributed by atoms with Gasteiger partial charge in [0.15, 0.2) is 23.0 Å². The van der Waals surface area contributed by atoms with Crippen LogP contribution >= 0.6 is 0 Å². The molecule has 29 heavy (non-hydrogen) atoms. The fraction of sp³-hybridized carbons (Fsp3) is 0.360. The summed E-state index contributed by atoms with van der Waals surface area (Å²) in [5.74, 6) is 3.66. The van der Waals surface area contributed by atoms with Crippen molar-refractivity contribution in [1.82, 2.24) is 0 Å². The minimum absolute atomic E-state index is 0.663. The molecule has 2 aliphatic carbocycles. The molecule has 0 heterocycles. The molecular formula is C25H26O4. The van der Waals surface area contributed by atoms with Crippen molar-refractivity contribution in [3.8, 4) is 23.0 Å². The van der Waals surface area contributed by atoms with Gasteiger partial charge in [0.25, 0.3) is 0 Å². The Morgan fingerprint density at radius 1 is 0.690 bits per heavy atom. The molecule has 2 aliphatic rings. The third-order valence-electron chi connectivity index (χ3n) is 6.60. The molecule has 0 aromatic heterocycles. The van der Waals surface area contributed by atoms with Gasteiger partial charge in [0, 0.05) is 0 Å². The molecule has 5 rings (SSSR count). The van der Waals surface area contributed by atoms with Crippen molar-refractivity contribution in [1.29, 1.82) is 0 Å². The van der Waals surface area contributed by atoms with Crippen LogP contribution in [0.2, 0.25) is 0 Å². The minimum Gasteiger partial charge on any atom is -0.493 e. The van der Waals surface area contributed by atoms with Crippen molar-refractivity contribution in [3.05, 3.63) is 41.0 Å². The molecule has 0 amide bonds. The van der Waals surface area contributed by atoms with E-state index in [4.69, 9.17) is 18.9 Å². The molecule has 150 valence electrons. The lowest BCUT2D eigenvalue weighted by Gasteiger charge is -2.25. The number of hydrogen-bond donors (Lipinski definition) is 0. The standard InChI is InChI=1S/C25H26O4/c1-26-22-10-18-16-8-14-6-5-7-15(14)9-17(16)19-11-23(27-2)25(29-4)13-21(19)20(18)12-24(22)28-3/h8,10-13,15H,5-7,9H2,1-4H3. The summed E-state index contributed by atoms with van der Waals surface area (Å²) in [5, 5.41) is 4.74. The van der Waals surface area contributed by atoms with Crippen LogP contribution in [-0.2, 0) is 6.42 Å². The predicted octanol–water partition coefficient (Wildman–Crippen LogP) is 5.77. The van der Waals surface area contributed by atoms with E-state index in [-0.39, 0.29) is 0 Å². The average molecular weight is 390 g/mol. The Morgan fingerprint density at radius 2 is 1.21 bits per heavy atom. The second-order valence-corrected chi connectivity index (χ2v) is 7.91. The van der Waals surface area contributed by atoms with E-state index in [0.29, 0.717) is 5.92 Å². The molecule has 1 atom stereocenters. The van der Waals surface area contributed by atoms with Gasteiger partial charge in [0.2, 0.25) is 0 Å². The van der Waals surface area contributed by atoms with Gasteiger partial charge in [-0.05, 0) is 88.5 Å². The highest BCUT2D eigenvalue weighted by molar-refractivity contribution is 6.15. The highest BCUT2D eigenvalue weighted by atomic mass is 16.5. The predicted molar refractivity (Wildman–Crippen MR) is 117 cm³/mol. The molecular weight excluding hydrogens is 364 g/mol. The second-order valence-electron chi connectivity index (χ2n) is 7.91. The highest BCUT2D eigenvalue weighted by Gasteiger charge is 2.29. The minimum atomic E-state index is 0.663. The van der Waals surface area contributed by atoms with Crippen LogP contribution < -0.4 is 18.9 Å². The number of allylic oxidation sites excluding steroid dienone is 1. The van der Waals surface area contributed by atoms with Crippen LogP contribution in [-0.4, -0.2) is 28.4 Å². The number of fused-ring (bicyclic) bond motifs is 7. The van der Waals surface area contributed by atoms with E-state index in [1.165, 1.54) is 41.2 Å². The zero-order chi connectivity index (χ0) is 20.1. The average Bonchev–Trinajstić information content (AvgIpc) is 3.23. The molecule has 4 heteroatoms. The fourth-order valence-corrected chi connectivity index (χ4v) is 5.17. The van der Waals surface area contributed by atoms with Crippen LogP contribution in [0.5, 0.6) is 23.0 Å². The topological polar surface area (TPSA) is 36.9 Å². The summed E-state index contributed by atoms with van der Waals surface area (Å²) in [6, 6.07) is 8.44. The van der Waals surface area contributed by atoms with Crippen LogP contribution in [0.15, 0.2) is 29.8 Å². The van der Waals surface area contributed by atoms with Gasteiger partial charge in [0.05, 0.1) is 28.4 Å². The molecule has 3 aromatic rings. The first-order valence-electron chi connectivity index (χ1n) is 10.1. The van der Waals surface area contributed by atoms with E-state index in [2.05, 4.69) is 30.3 Å². The van der Waals surface area contributed by atoms with E-state index in [1.807, 2.05) is 0 Å². The monoisotopic (exact) mass is 390 g/mol.